The molecular weight excluding hydrogens is 234 g/mol. The van der Waals surface area contributed by atoms with E-state index >= 15 is 0 Å². The van der Waals surface area contributed by atoms with Gasteiger partial charge in [0.05, 0.1) is 12.1 Å². The lowest BCUT2D eigenvalue weighted by Crippen LogP contribution is -2.15. The van der Waals surface area contributed by atoms with E-state index in [4.69, 9.17) is 4.74 Å². The molecule has 0 unspecified atom stereocenters. The minimum Gasteiger partial charge on any atom is -0.493 e. The molecule has 1 heterocycles. The first kappa shape index (κ1) is 15.7. The summed E-state index contributed by atoms with van der Waals surface area (Å²) >= 11 is 0. The molecule has 1 aromatic carbocycles. The summed E-state index contributed by atoms with van der Waals surface area (Å²) in [6, 6.07) is 8.37. The second-order valence-electron chi connectivity index (χ2n) is 4.65. The van der Waals surface area contributed by atoms with E-state index in [2.05, 4.69) is 70.5 Å². The molecule has 0 amide bonds. The monoisotopic (exact) mass is 254 g/mol. The number of nitrogens with zero attached hydrogens (tertiary/aromatic N) is 2. The van der Waals surface area contributed by atoms with Gasteiger partial charge < -0.3 is 14.2 Å². The number of ether oxygens (including phenoxy) is 1. The zero-order valence-corrected chi connectivity index (χ0v) is 12.0. The van der Waals surface area contributed by atoms with Crippen molar-refractivity contribution in [3.8, 4) is 5.75 Å². The van der Waals surface area contributed by atoms with Gasteiger partial charge >= 0.3 is 0 Å². The average molecular weight is 254 g/mol. The van der Waals surface area contributed by atoms with Crippen molar-refractivity contribution in [2.45, 2.75) is 6.42 Å². The fourth-order valence-electron chi connectivity index (χ4n) is 1.90. The van der Waals surface area contributed by atoms with E-state index in [-0.39, 0.29) is 0 Å². The maximum Gasteiger partial charge on any atom is 0.121 e. The number of aryl methyl sites for hydroxylation is 1. The second kappa shape index (κ2) is 7.95. The van der Waals surface area contributed by atoms with E-state index in [1.165, 1.54) is 10.9 Å². The predicted molar refractivity (Wildman–Crippen MR) is 83.1 cm³/mol. The Balaban J connectivity index is 0.000000861. The molecule has 0 N–H and O–H groups in total. The summed E-state index contributed by atoms with van der Waals surface area (Å²) in [4.78, 5) is 2.17. The number of hydrogen-bond acceptors (Lipinski definition) is 2. The van der Waals surface area contributed by atoms with Crippen molar-refractivity contribution >= 4 is 26.4 Å². The lowest BCUT2D eigenvalue weighted by Gasteiger charge is -2.10. The van der Waals surface area contributed by atoms with Crippen LogP contribution in [0.25, 0.3) is 10.9 Å². The highest BCUT2D eigenvalue weighted by Crippen LogP contribution is 2.21. The fourth-order valence-corrected chi connectivity index (χ4v) is 1.90. The molecule has 0 atom stereocenters. The van der Waals surface area contributed by atoms with Gasteiger partial charge in [0.2, 0.25) is 0 Å². The van der Waals surface area contributed by atoms with E-state index in [0.29, 0.717) is 0 Å². The van der Waals surface area contributed by atoms with Gasteiger partial charge in [0.25, 0.3) is 0 Å². The standard InChI is InChI=1S/C14H20N2O.B2/c1-15(2)8-4-10-17-13-6-5-12-7-9-16(3)14(12)11-13;1-2/h5-7,9,11H,4,8,10H2,1-3H3;. The summed E-state index contributed by atoms with van der Waals surface area (Å²) < 4.78 is 7.86. The molecule has 1 aromatic heterocycles. The molecule has 0 saturated heterocycles. The van der Waals surface area contributed by atoms with Gasteiger partial charge in [-0.2, -0.15) is 0 Å². The maximum atomic E-state index is 5.75. The lowest BCUT2D eigenvalue weighted by molar-refractivity contribution is 0.282. The van der Waals surface area contributed by atoms with Crippen LogP contribution in [0, 0.1) is 0 Å². The summed E-state index contributed by atoms with van der Waals surface area (Å²) in [7, 11) is 14.2. The quantitative estimate of drug-likeness (QED) is 0.597. The highest BCUT2D eigenvalue weighted by Gasteiger charge is 2.00. The molecule has 0 aliphatic carbocycles. The molecule has 0 bridgehead atoms. The van der Waals surface area contributed by atoms with Crippen molar-refractivity contribution in [3.63, 3.8) is 0 Å². The van der Waals surface area contributed by atoms with E-state index in [1.54, 1.807) is 0 Å². The second-order valence-corrected chi connectivity index (χ2v) is 4.65. The molecular formula is C14H20B2N2O. The Kier molecular flexibility index (Phi) is 6.57. The van der Waals surface area contributed by atoms with Gasteiger partial charge in [-0.05, 0) is 44.1 Å². The van der Waals surface area contributed by atoms with Crippen molar-refractivity contribution in [1.29, 1.82) is 0 Å². The van der Waals surface area contributed by atoms with Gasteiger partial charge in [-0.1, -0.05) is 0 Å². The van der Waals surface area contributed by atoms with Crippen molar-refractivity contribution in [2.24, 2.45) is 7.05 Å². The third kappa shape index (κ3) is 4.67. The minimum absolute atomic E-state index is 0.772. The highest BCUT2D eigenvalue weighted by atomic mass is 16.5. The number of benzene rings is 1. The number of rotatable bonds is 5. The Labute approximate surface area is 118 Å². The molecule has 98 valence electrons. The first-order valence-corrected chi connectivity index (χ1v) is 6.33. The Bertz CT molecular complexity index is 497. The highest BCUT2D eigenvalue weighted by molar-refractivity contribution is 6.75. The Morgan fingerprint density at radius 3 is 2.63 bits per heavy atom. The normalized spacial score (nSPS) is 10.3. The largest absolute Gasteiger partial charge is 0.493 e. The van der Waals surface area contributed by atoms with Gasteiger partial charge in [0.1, 0.15) is 5.75 Å². The fraction of sp³-hybridized carbons (Fsp3) is 0.429. The number of hydrogen-bond donors (Lipinski definition) is 0. The van der Waals surface area contributed by atoms with Crippen LogP contribution in [0.4, 0.5) is 0 Å². The van der Waals surface area contributed by atoms with Crippen molar-refractivity contribution in [1.82, 2.24) is 9.47 Å². The van der Waals surface area contributed by atoms with Crippen molar-refractivity contribution in [2.75, 3.05) is 27.2 Å². The molecule has 0 spiro atoms. The SMILES string of the molecule is CN(C)CCCOc1ccc2ccn(C)c2c1.[B][B]. The zero-order valence-electron chi connectivity index (χ0n) is 12.0. The zero-order chi connectivity index (χ0) is 14.3. The molecule has 19 heavy (non-hydrogen) atoms. The Morgan fingerprint density at radius 1 is 1.21 bits per heavy atom. The molecule has 5 heteroatoms. The van der Waals surface area contributed by atoms with E-state index in [0.717, 1.165) is 25.3 Å². The van der Waals surface area contributed by atoms with Gasteiger partial charge in [0.15, 0.2) is 0 Å². The molecule has 0 aliphatic heterocycles. The first-order valence-electron chi connectivity index (χ1n) is 6.33. The number of fused-ring (bicyclic) bond motifs is 1. The first-order chi connectivity index (χ1) is 9.16. The smallest absolute Gasteiger partial charge is 0.121 e. The minimum atomic E-state index is 0.772. The molecule has 0 aliphatic rings. The van der Waals surface area contributed by atoms with Gasteiger partial charge in [-0.25, -0.2) is 0 Å². The van der Waals surface area contributed by atoms with E-state index < -0.39 is 0 Å². The summed E-state index contributed by atoms with van der Waals surface area (Å²) in [6.45, 7) is 1.83. The van der Waals surface area contributed by atoms with Crippen LogP contribution < -0.4 is 4.74 Å². The van der Waals surface area contributed by atoms with Crippen LogP contribution in [0.3, 0.4) is 0 Å². The molecule has 3 nitrogen and oxygen atoms in total. The van der Waals surface area contributed by atoms with Gasteiger partial charge in [-0.3, -0.25) is 0 Å². The van der Waals surface area contributed by atoms with Crippen LogP contribution in [0.1, 0.15) is 6.42 Å². The molecule has 4 radical (unpaired) electrons. The van der Waals surface area contributed by atoms with E-state index in [1.807, 2.05) is 6.07 Å². The summed E-state index contributed by atoms with van der Waals surface area (Å²) in [5.41, 5.74) is 1.22. The number of aromatic nitrogens is 1. The van der Waals surface area contributed by atoms with Crippen LogP contribution in [0.5, 0.6) is 5.75 Å². The lowest BCUT2D eigenvalue weighted by atomic mass is 9.81. The van der Waals surface area contributed by atoms with Gasteiger partial charge in [-0.15, -0.1) is 0 Å². The van der Waals surface area contributed by atoms with Crippen LogP contribution in [0.2, 0.25) is 0 Å². The maximum absolute atomic E-state index is 5.75. The van der Waals surface area contributed by atoms with Crippen LogP contribution >= 0.6 is 0 Å². The third-order valence-electron chi connectivity index (χ3n) is 2.88. The summed E-state index contributed by atoms with van der Waals surface area (Å²) in [5, 5.41) is 1.26. The predicted octanol–water partition coefficient (Wildman–Crippen LogP) is 1.75. The van der Waals surface area contributed by atoms with E-state index in [9.17, 15) is 0 Å². The Morgan fingerprint density at radius 2 is 1.95 bits per heavy atom. The molecule has 0 saturated carbocycles. The third-order valence-corrected chi connectivity index (χ3v) is 2.88. The van der Waals surface area contributed by atoms with Crippen molar-refractivity contribution in [3.05, 3.63) is 30.5 Å². The molecule has 2 rings (SSSR count). The van der Waals surface area contributed by atoms with Crippen molar-refractivity contribution < 1.29 is 4.74 Å². The Hall–Kier alpha value is -1.35. The van der Waals surface area contributed by atoms with Crippen LogP contribution in [-0.2, 0) is 7.05 Å². The van der Waals surface area contributed by atoms with Gasteiger partial charge in [0, 0.05) is 41.3 Å². The van der Waals surface area contributed by atoms with Crippen LogP contribution in [-0.4, -0.2) is 52.2 Å². The summed E-state index contributed by atoms with van der Waals surface area (Å²) in [6.07, 6.45) is 3.12. The summed E-state index contributed by atoms with van der Waals surface area (Å²) in [5.74, 6) is 0.957. The molecule has 2 aromatic rings. The van der Waals surface area contributed by atoms with Crippen LogP contribution in [0.15, 0.2) is 30.5 Å². The average Bonchev–Trinajstić information content (AvgIpc) is 2.78. The topological polar surface area (TPSA) is 17.4 Å². The molecule has 0 fully saturated rings.